The van der Waals surface area contributed by atoms with E-state index in [-0.39, 0.29) is 6.10 Å². The van der Waals surface area contributed by atoms with Crippen LogP contribution >= 0.6 is 11.6 Å². The average Bonchev–Trinajstić information content (AvgIpc) is 1.99. The number of rotatable bonds is 4. The molecule has 0 rings (SSSR count). The molecule has 0 aromatic heterocycles. The summed E-state index contributed by atoms with van der Waals surface area (Å²) in [4.78, 5) is 0. The fourth-order valence-corrected chi connectivity index (χ4v) is 0.748. The van der Waals surface area contributed by atoms with Gasteiger partial charge in [0.2, 0.25) is 0 Å². The van der Waals surface area contributed by atoms with Crippen LogP contribution in [0.1, 0.15) is 6.92 Å². The van der Waals surface area contributed by atoms with Gasteiger partial charge in [-0.05, 0) is 12.5 Å². The summed E-state index contributed by atoms with van der Waals surface area (Å²) in [6.07, 6.45) is -0.0116. The SMILES string of the molecule is COCC(OC)/C(C)=C/Cl. The molecule has 0 aliphatic rings. The van der Waals surface area contributed by atoms with Gasteiger partial charge in [-0.3, -0.25) is 0 Å². The standard InChI is InChI=1S/C7H13ClO2/c1-6(4-8)7(10-3)5-9-2/h4,7H,5H2,1-3H3/b6-4+. The molecule has 0 saturated heterocycles. The van der Waals surface area contributed by atoms with E-state index in [1.807, 2.05) is 6.92 Å². The minimum atomic E-state index is -0.0116. The van der Waals surface area contributed by atoms with Crippen molar-refractivity contribution < 1.29 is 9.47 Å². The summed E-state index contributed by atoms with van der Waals surface area (Å²) < 4.78 is 9.96. The molecular weight excluding hydrogens is 152 g/mol. The monoisotopic (exact) mass is 164 g/mol. The number of ether oxygens (including phenoxy) is 2. The predicted molar refractivity (Wildman–Crippen MR) is 42.3 cm³/mol. The first-order valence-electron chi connectivity index (χ1n) is 3.04. The highest BCUT2D eigenvalue weighted by Crippen LogP contribution is 2.06. The summed E-state index contributed by atoms with van der Waals surface area (Å²) in [7, 11) is 3.26. The van der Waals surface area contributed by atoms with Crippen LogP contribution in [0.2, 0.25) is 0 Å². The lowest BCUT2D eigenvalue weighted by atomic mass is 10.2. The topological polar surface area (TPSA) is 18.5 Å². The fourth-order valence-electron chi connectivity index (χ4n) is 0.607. The molecule has 1 unspecified atom stereocenters. The highest BCUT2D eigenvalue weighted by molar-refractivity contribution is 6.25. The fraction of sp³-hybridized carbons (Fsp3) is 0.714. The van der Waals surface area contributed by atoms with Crippen molar-refractivity contribution in [3.63, 3.8) is 0 Å². The molecular formula is C7H13ClO2. The normalized spacial score (nSPS) is 15.4. The molecule has 0 aliphatic heterocycles. The van der Waals surface area contributed by atoms with Crippen LogP contribution in [0.3, 0.4) is 0 Å². The Balaban J connectivity index is 3.80. The first kappa shape index (κ1) is 9.95. The van der Waals surface area contributed by atoms with Crippen molar-refractivity contribution in [3.05, 3.63) is 11.1 Å². The molecule has 2 nitrogen and oxygen atoms in total. The van der Waals surface area contributed by atoms with Crippen LogP contribution in [0.15, 0.2) is 11.1 Å². The Morgan fingerprint density at radius 1 is 1.60 bits per heavy atom. The van der Waals surface area contributed by atoms with Crippen molar-refractivity contribution in [2.24, 2.45) is 0 Å². The van der Waals surface area contributed by atoms with Crippen LogP contribution in [-0.2, 0) is 9.47 Å². The van der Waals surface area contributed by atoms with E-state index in [0.717, 1.165) is 5.57 Å². The zero-order valence-electron chi connectivity index (χ0n) is 6.56. The maximum atomic E-state index is 5.46. The second kappa shape index (κ2) is 5.71. The summed E-state index contributed by atoms with van der Waals surface area (Å²) in [5, 5.41) is 0. The Hall–Kier alpha value is -0.0500. The molecule has 0 bridgehead atoms. The van der Waals surface area contributed by atoms with Crippen molar-refractivity contribution in [3.8, 4) is 0 Å². The largest absolute Gasteiger partial charge is 0.382 e. The van der Waals surface area contributed by atoms with Gasteiger partial charge in [0.25, 0.3) is 0 Å². The molecule has 0 amide bonds. The van der Waals surface area contributed by atoms with Crippen LogP contribution in [-0.4, -0.2) is 26.9 Å². The smallest absolute Gasteiger partial charge is 0.102 e. The maximum absolute atomic E-state index is 5.46. The second-order valence-electron chi connectivity index (χ2n) is 2.03. The average molecular weight is 165 g/mol. The number of hydrogen-bond donors (Lipinski definition) is 0. The first-order chi connectivity index (χ1) is 4.76. The second-order valence-corrected chi connectivity index (χ2v) is 2.25. The molecule has 10 heavy (non-hydrogen) atoms. The summed E-state index contributed by atoms with van der Waals surface area (Å²) in [5.41, 5.74) is 2.48. The van der Waals surface area contributed by atoms with Crippen molar-refractivity contribution in [2.45, 2.75) is 13.0 Å². The Kier molecular flexibility index (Phi) is 5.69. The van der Waals surface area contributed by atoms with Crippen molar-refractivity contribution in [2.75, 3.05) is 20.8 Å². The maximum Gasteiger partial charge on any atom is 0.102 e. The molecule has 60 valence electrons. The third kappa shape index (κ3) is 3.20. The van der Waals surface area contributed by atoms with Crippen LogP contribution < -0.4 is 0 Å². The molecule has 0 aromatic rings. The number of halogens is 1. The Morgan fingerprint density at radius 3 is 2.50 bits per heavy atom. The van der Waals surface area contributed by atoms with Crippen LogP contribution in [0.5, 0.6) is 0 Å². The highest BCUT2D eigenvalue weighted by atomic mass is 35.5. The van der Waals surface area contributed by atoms with Gasteiger partial charge in [-0.15, -0.1) is 0 Å². The minimum Gasteiger partial charge on any atom is -0.382 e. The third-order valence-corrected chi connectivity index (χ3v) is 1.63. The lowest BCUT2D eigenvalue weighted by molar-refractivity contribution is 0.0505. The van der Waals surface area contributed by atoms with Crippen molar-refractivity contribution in [1.29, 1.82) is 0 Å². The Morgan fingerprint density at radius 2 is 2.20 bits per heavy atom. The van der Waals surface area contributed by atoms with Crippen LogP contribution in [0.25, 0.3) is 0 Å². The molecule has 0 fully saturated rings. The number of methoxy groups -OCH3 is 2. The molecule has 0 spiro atoms. The molecule has 3 heteroatoms. The van der Waals surface area contributed by atoms with Crippen molar-refractivity contribution >= 4 is 11.6 Å². The van der Waals surface area contributed by atoms with E-state index in [4.69, 9.17) is 21.1 Å². The van der Waals surface area contributed by atoms with Gasteiger partial charge in [-0.25, -0.2) is 0 Å². The zero-order chi connectivity index (χ0) is 7.98. The van der Waals surface area contributed by atoms with Crippen LogP contribution in [0, 0.1) is 0 Å². The predicted octanol–water partition coefficient (Wildman–Crippen LogP) is 1.79. The highest BCUT2D eigenvalue weighted by Gasteiger charge is 2.07. The van der Waals surface area contributed by atoms with Gasteiger partial charge in [0.15, 0.2) is 0 Å². The van der Waals surface area contributed by atoms with E-state index in [0.29, 0.717) is 6.61 Å². The minimum absolute atomic E-state index is 0.0116. The van der Waals surface area contributed by atoms with Gasteiger partial charge in [-0.2, -0.15) is 0 Å². The number of hydrogen-bond acceptors (Lipinski definition) is 2. The van der Waals surface area contributed by atoms with Gasteiger partial charge in [-0.1, -0.05) is 11.6 Å². The van der Waals surface area contributed by atoms with E-state index in [1.54, 1.807) is 14.2 Å². The zero-order valence-corrected chi connectivity index (χ0v) is 7.31. The summed E-state index contributed by atoms with van der Waals surface area (Å²) in [6, 6.07) is 0. The van der Waals surface area contributed by atoms with Crippen LogP contribution in [0.4, 0.5) is 0 Å². The third-order valence-electron chi connectivity index (χ3n) is 1.28. The molecule has 0 aliphatic carbocycles. The van der Waals surface area contributed by atoms with E-state index in [2.05, 4.69) is 0 Å². The van der Waals surface area contributed by atoms with Gasteiger partial charge in [0, 0.05) is 19.8 Å². The molecule has 0 N–H and O–H groups in total. The van der Waals surface area contributed by atoms with Gasteiger partial charge >= 0.3 is 0 Å². The van der Waals surface area contributed by atoms with Gasteiger partial charge < -0.3 is 9.47 Å². The van der Waals surface area contributed by atoms with E-state index in [1.165, 1.54) is 5.54 Å². The summed E-state index contributed by atoms with van der Waals surface area (Å²) >= 11 is 5.46. The molecule has 0 radical (unpaired) electrons. The molecule has 0 heterocycles. The lowest BCUT2D eigenvalue weighted by Crippen LogP contribution is -2.18. The van der Waals surface area contributed by atoms with E-state index >= 15 is 0 Å². The molecule has 0 aromatic carbocycles. The van der Waals surface area contributed by atoms with Gasteiger partial charge in [0.1, 0.15) is 6.10 Å². The lowest BCUT2D eigenvalue weighted by Gasteiger charge is -2.13. The molecule has 1 atom stereocenters. The van der Waals surface area contributed by atoms with Crippen molar-refractivity contribution in [1.82, 2.24) is 0 Å². The first-order valence-corrected chi connectivity index (χ1v) is 3.48. The summed E-state index contributed by atoms with van der Waals surface area (Å²) in [5.74, 6) is 0. The Labute approximate surface area is 66.8 Å². The Bertz CT molecular complexity index is 112. The summed E-state index contributed by atoms with van der Waals surface area (Å²) in [6.45, 7) is 2.45. The van der Waals surface area contributed by atoms with E-state index < -0.39 is 0 Å². The quantitative estimate of drug-likeness (QED) is 0.631. The van der Waals surface area contributed by atoms with E-state index in [9.17, 15) is 0 Å². The van der Waals surface area contributed by atoms with Gasteiger partial charge in [0.05, 0.1) is 6.61 Å². The molecule has 0 saturated carbocycles.